The molecular formula is C12H23N3O2. The van der Waals surface area contributed by atoms with Gasteiger partial charge in [0.25, 0.3) is 0 Å². The Bertz CT molecular complexity index is 291. The minimum absolute atomic E-state index is 0.000231. The largest absolute Gasteiger partial charge is 0.368 e. The maximum absolute atomic E-state index is 12.3. The zero-order valence-electron chi connectivity index (χ0n) is 10.7. The van der Waals surface area contributed by atoms with Crippen LogP contribution >= 0.6 is 0 Å². The maximum Gasteiger partial charge on any atom is 0.237 e. The Morgan fingerprint density at radius 2 is 2.00 bits per heavy atom. The van der Waals surface area contributed by atoms with Crippen molar-refractivity contribution in [3.63, 3.8) is 0 Å². The number of amides is 2. The predicted molar refractivity (Wildman–Crippen MR) is 65.9 cm³/mol. The van der Waals surface area contributed by atoms with E-state index >= 15 is 0 Å². The van der Waals surface area contributed by atoms with Gasteiger partial charge >= 0.3 is 0 Å². The lowest BCUT2D eigenvalue weighted by Crippen LogP contribution is -2.46. The third-order valence-corrected chi connectivity index (χ3v) is 3.13. The van der Waals surface area contributed by atoms with Crippen LogP contribution in [0.15, 0.2) is 0 Å². The van der Waals surface area contributed by atoms with Gasteiger partial charge in [0.15, 0.2) is 0 Å². The van der Waals surface area contributed by atoms with E-state index in [1.54, 1.807) is 4.90 Å². The molecule has 17 heavy (non-hydrogen) atoms. The topological polar surface area (TPSA) is 89.4 Å². The Labute approximate surface area is 103 Å². The number of rotatable bonds is 5. The molecule has 98 valence electrons. The predicted octanol–water partition coefficient (Wildman–Crippen LogP) is 0.0837. The number of nitrogens with two attached hydrogens (primary N) is 2. The third kappa shape index (κ3) is 4.00. The summed E-state index contributed by atoms with van der Waals surface area (Å²) >= 11 is 0. The Hall–Kier alpha value is -1.10. The lowest BCUT2D eigenvalue weighted by atomic mass is 10.0. The van der Waals surface area contributed by atoms with Gasteiger partial charge in [-0.15, -0.1) is 0 Å². The van der Waals surface area contributed by atoms with Crippen molar-refractivity contribution in [3.05, 3.63) is 0 Å². The summed E-state index contributed by atoms with van der Waals surface area (Å²) in [6.45, 7) is 4.58. The smallest absolute Gasteiger partial charge is 0.237 e. The summed E-state index contributed by atoms with van der Waals surface area (Å²) in [6, 6.07) is -0.0648. The molecule has 1 fully saturated rings. The van der Waals surface area contributed by atoms with Gasteiger partial charge in [-0.2, -0.15) is 0 Å². The molecule has 5 nitrogen and oxygen atoms in total. The van der Waals surface area contributed by atoms with Crippen LogP contribution in [0.3, 0.4) is 0 Å². The molecule has 0 bridgehead atoms. The van der Waals surface area contributed by atoms with E-state index in [1.165, 1.54) is 0 Å². The molecule has 0 saturated heterocycles. The highest BCUT2D eigenvalue weighted by Crippen LogP contribution is 2.26. The summed E-state index contributed by atoms with van der Waals surface area (Å²) < 4.78 is 0. The summed E-state index contributed by atoms with van der Waals surface area (Å²) in [7, 11) is 0. The van der Waals surface area contributed by atoms with Crippen molar-refractivity contribution in [2.24, 2.45) is 23.3 Å². The summed E-state index contributed by atoms with van der Waals surface area (Å²) in [6.07, 6.45) is 2.71. The van der Waals surface area contributed by atoms with E-state index in [-0.39, 0.29) is 24.4 Å². The van der Waals surface area contributed by atoms with E-state index in [2.05, 4.69) is 0 Å². The standard InChI is InChI=1S/C12H23N3O2/c1-8(2)6-15(7-11(14)16)12(17)9-4-3-5-10(9)13/h8-10H,3-7,13H2,1-2H3,(H2,14,16). The number of nitrogens with zero attached hydrogens (tertiary/aromatic N) is 1. The van der Waals surface area contributed by atoms with E-state index in [0.29, 0.717) is 12.5 Å². The van der Waals surface area contributed by atoms with Crippen molar-refractivity contribution in [1.82, 2.24) is 4.90 Å². The first-order chi connectivity index (χ1) is 7.91. The highest BCUT2D eigenvalue weighted by molar-refractivity contribution is 5.85. The van der Waals surface area contributed by atoms with E-state index < -0.39 is 5.91 Å². The van der Waals surface area contributed by atoms with Crippen molar-refractivity contribution in [2.45, 2.75) is 39.2 Å². The lowest BCUT2D eigenvalue weighted by molar-refractivity contribution is -0.139. The molecule has 0 heterocycles. The van der Waals surface area contributed by atoms with Crippen LogP contribution in [0.2, 0.25) is 0 Å². The second-order valence-corrected chi connectivity index (χ2v) is 5.28. The second kappa shape index (κ2) is 6.00. The van der Waals surface area contributed by atoms with E-state index in [1.807, 2.05) is 13.8 Å². The molecule has 1 aliphatic carbocycles. The molecular weight excluding hydrogens is 218 g/mol. The van der Waals surface area contributed by atoms with Gasteiger partial charge in [0.2, 0.25) is 11.8 Å². The average molecular weight is 241 g/mol. The molecule has 0 spiro atoms. The second-order valence-electron chi connectivity index (χ2n) is 5.28. The quantitative estimate of drug-likeness (QED) is 0.714. The Morgan fingerprint density at radius 1 is 1.35 bits per heavy atom. The fourth-order valence-corrected chi connectivity index (χ4v) is 2.39. The molecule has 0 aromatic rings. The van der Waals surface area contributed by atoms with Crippen LogP contribution in [-0.2, 0) is 9.59 Å². The van der Waals surface area contributed by atoms with Gasteiger partial charge in [0.1, 0.15) is 0 Å². The molecule has 0 aromatic heterocycles. The third-order valence-electron chi connectivity index (χ3n) is 3.13. The van der Waals surface area contributed by atoms with Gasteiger partial charge in [-0.3, -0.25) is 9.59 Å². The van der Waals surface area contributed by atoms with Crippen LogP contribution < -0.4 is 11.5 Å². The SMILES string of the molecule is CC(C)CN(CC(N)=O)C(=O)C1CCCC1N. The number of hydrogen-bond donors (Lipinski definition) is 2. The summed E-state index contributed by atoms with van der Waals surface area (Å²) in [4.78, 5) is 24.8. The highest BCUT2D eigenvalue weighted by atomic mass is 16.2. The molecule has 2 unspecified atom stereocenters. The molecule has 1 rings (SSSR count). The minimum Gasteiger partial charge on any atom is -0.368 e. The van der Waals surface area contributed by atoms with Crippen molar-refractivity contribution in [3.8, 4) is 0 Å². The van der Waals surface area contributed by atoms with E-state index in [0.717, 1.165) is 19.3 Å². The van der Waals surface area contributed by atoms with Crippen LogP contribution in [0.1, 0.15) is 33.1 Å². The van der Waals surface area contributed by atoms with Gasteiger partial charge in [0, 0.05) is 12.6 Å². The molecule has 0 aromatic carbocycles. The Balaban J connectivity index is 2.67. The van der Waals surface area contributed by atoms with Gasteiger partial charge in [-0.25, -0.2) is 0 Å². The molecule has 5 heteroatoms. The van der Waals surface area contributed by atoms with Crippen molar-refractivity contribution in [2.75, 3.05) is 13.1 Å². The molecule has 2 atom stereocenters. The molecule has 1 saturated carbocycles. The van der Waals surface area contributed by atoms with Gasteiger partial charge < -0.3 is 16.4 Å². The minimum atomic E-state index is -0.467. The highest BCUT2D eigenvalue weighted by Gasteiger charge is 2.33. The Kier molecular flexibility index (Phi) is 4.93. The summed E-state index contributed by atoms with van der Waals surface area (Å²) in [5.41, 5.74) is 11.1. The number of primary amides is 1. The number of carbonyl (C=O) groups is 2. The molecule has 2 amide bonds. The summed E-state index contributed by atoms with van der Waals surface area (Å²) in [5.74, 6) is -0.294. The van der Waals surface area contributed by atoms with Gasteiger partial charge in [-0.05, 0) is 18.8 Å². The molecule has 1 aliphatic rings. The average Bonchev–Trinajstić information content (AvgIpc) is 2.61. The van der Waals surface area contributed by atoms with Crippen LogP contribution in [0.5, 0.6) is 0 Å². The van der Waals surface area contributed by atoms with Gasteiger partial charge in [-0.1, -0.05) is 20.3 Å². The zero-order valence-corrected chi connectivity index (χ0v) is 10.7. The first kappa shape index (κ1) is 14.0. The monoisotopic (exact) mass is 241 g/mol. The van der Waals surface area contributed by atoms with Crippen LogP contribution in [0, 0.1) is 11.8 Å². The van der Waals surface area contributed by atoms with Crippen molar-refractivity contribution >= 4 is 11.8 Å². The maximum atomic E-state index is 12.3. The lowest BCUT2D eigenvalue weighted by Gasteiger charge is -2.27. The molecule has 0 radical (unpaired) electrons. The normalized spacial score (nSPS) is 24.0. The fourth-order valence-electron chi connectivity index (χ4n) is 2.39. The van der Waals surface area contributed by atoms with E-state index in [4.69, 9.17) is 11.5 Å². The first-order valence-corrected chi connectivity index (χ1v) is 6.24. The number of hydrogen-bond acceptors (Lipinski definition) is 3. The van der Waals surface area contributed by atoms with Crippen LogP contribution in [0.25, 0.3) is 0 Å². The van der Waals surface area contributed by atoms with Crippen molar-refractivity contribution in [1.29, 1.82) is 0 Å². The number of carbonyl (C=O) groups excluding carboxylic acids is 2. The van der Waals surface area contributed by atoms with Crippen LogP contribution in [0.4, 0.5) is 0 Å². The molecule has 4 N–H and O–H groups in total. The first-order valence-electron chi connectivity index (χ1n) is 6.24. The summed E-state index contributed by atoms with van der Waals surface area (Å²) in [5, 5.41) is 0. The zero-order chi connectivity index (χ0) is 13.0. The van der Waals surface area contributed by atoms with Gasteiger partial charge in [0.05, 0.1) is 12.5 Å². The molecule has 0 aliphatic heterocycles. The van der Waals surface area contributed by atoms with Crippen LogP contribution in [-0.4, -0.2) is 35.8 Å². The Morgan fingerprint density at radius 3 is 2.41 bits per heavy atom. The van der Waals surface area contributed by atoms with E-state index in [9.17, 15) is 9.59 Å². The fraction of sp³-hybridized carbons (Fsp3) is 0.833. The van der Waals surface area contributed by atoms with Crippen molar-refractivity contribution < 1.29 is 9.59 Å².